The first-order valence-electron chi connectivity index (χ1n) is 6.07. The Balaban J connectivity index is 2.47. The number of rotatable bonds is 5. The summed E-state index contributed by atoms with van der Waals surface area (Å²) in [6.45, 7) is 3.35. The van der Waals surface area contributed by atoms with E-state index in [2.05, 4.69) is 5.32 Å². The zero-order valence-corrected chi connectivity index (χ0v) is 10.8. The van der Waals surface area contributed by atoms with Crippen molar-refractivity contribution >= 4 is 11.9 Å². The Morgan fingerprint density at radius 3 is 2.41 bits per heavy atom. The Labute approximate surface area is 102 Å². The number of carbonyl (C=O) groups excluding carboxylic acids is 1. The molecule has 0 aromatic rings. The Morgan fingerprint density at radius 2 is 1.88 bits per heavy atom. The van der Waals surface area contributed by atoms with E-state index in [4.69, 9.17) is 5.11 Å². The molecule has 1 fully saturated rings. The molecule has 1 amide bonds. The molecule has 1 rings (SSSR count). The quantitative estimate of drug-likeness (QED) is 0.732. The van der Waals surface area contributed by atoms with Crippen LogP contribution in [0.15, 0.2) is 0 Å². The summed E-state index contributed by atoms with van der Waals surface area (Å²) in [6.07, 6.45) is 1.30. The second-order valence-electron chi connectivity index (χ2n) is 5.22. The molecule has 1 saturated carbocycles. The molecule has 2 N–H and O–H groups in total. The lowest BCUT2D eigenvalue weighted by atomic mass is 9.95. The normalized spacial score (nSPS) is 28.4. The fourth-order valence-electron chi connectivity index (χ4n) is 2.39. The van der Waals surface area contributed by atoms with E-state index in [1.54, 1.807) is 0 Å². The van der Waals surface area contributed by atoms with E-state index in [0.717, 1.165) is 6.54 Å². The SMILES string of the molecule is CC1CC(C(=O)O)C(C(=O)NCCN(C)C)C1. The molecule has 1 aliphatic rings. The molecule has 0 aromatic heterocycles. The van der Waals surface area contributed by atoms with Crippen molar-refractivity contribution in [1.82, 2.24) is 10.2 Å². The maximum Gasteiger partial charge on any atom is 0.307 e. The second-order valence-corrected chi connectivity index (χ2v) is 5.22. The highest BCUT2D eigenvalue weighted by Crippen LogP contribution is 2.36. The first-order valence-corrected chi connectivity index (χ1v) is 6.07. The third-order valence-corrected chi connectivity index (χ3v) is 3.31. The monoisotopic (exact) mass is 242 g/mol. The number of hydrogen-bond donors (Lipinski definition) is 2. The average Bonchev–Trinajstić information content (AvgIpc) is 2.59. The standard InChI is InChI=1S/C12H22N2O3/c1-8-6-9(10(7-8)12(16)17)11(15)13-4-5-14(2)3/h8-10H,4-7H2,1-3H3,(H,13,15)(H,16,17). The summed E-state index contributed by atoms with van der Waals surface area (Å²) in [5.74, 6) is -1.50. The smallest absolute Gasteiger partial charge is 0.307 e. The lowest BCUT2D eigenvalue weighted by molar-refractivity contribution is -0.146. The summed E-state index contributed by atoms with van der Waals surface area (Å²) in [4.78, 5) is 24.9. The van der Waals surface area contributed by atoms with Crippen molar-refractivity contribution in [3.05, 3.63) is 0 Å². The minimum atomic E-state index is -0.845. The highest BCUT2D eigenvalue weighted by Gasteiger charge is 2.40. The Kier molecular flexibility index (Phi) is 4.93. The third-order valence-electron chi connectivity index (χ3n) is 3.31. The van der Waals surface area contributed by atoms with Crippen molar-refractivity contribution in [2.24, 2.45) is 17.8 Å². The number of carboxylic acid groups (broad SMARTS) is 1. The third kappa shape index (κ3) is 4.00. The van der Waals surface area contributed by atoms with Crippen molar-refractivity contribution in [1.29, 1.82) is 0 Å². The molecule has 0 heterocycles. The number of likely N-dealkylation sites (N-methyl/N-ethyl adjacent to an activating group) is 1. The molecule has 0 saturated heterocycles. The van der Waals surface area contributed by atoms with Gasteiger partial charge >= 0.3 is 5.97 Å². The predicted octanol–water partition coefficient (Wildman–Crippen LogP) is 0.411. The lowest BCUT2D eigenvalue weighted by Crippen LogP contribution is -2.38. The van der Waals surface area contributed by atoms with E-state index in [1.807, 2.05) is 25.9 Å². The Morgan fingerprint density at radius 1 is 1.29 bits per heavy atom. The summed E-state index contributed by atoms with van der Waals surface area (Å²) in [7, 11) is 3.87. The van der Waals surface area contributed by atoms with Gasteiger partial charge in [0.05, 0.1) is 11.8 Å². The van der Waals surface area contributed by atoms with Gasteiger partial charge in [0.15, 0.2) is 0 Å². The fourth-order valence-corrected chi connectivity index (χ4v) is 2.39. The molecule has 5 nitrogen and oxygen atoms in total. The number of carbonyl (C=O) groups is 2. The van der Waals surface area contributed by atoms with Crippen LogP contribution in [0.2, 0.25) is 0 Å². The summed E-state index contributed by atoms with van der Waals surface area (Å²) in [5, 5.41) is 11.9. The summed E-state index contributed by atoms with van der Waals surface area (Å²) in [6, 6.07) is 0. The van der Waals surface area contributed by atoms with Crippen molar-refractivity contribution in [2.75, 3.05) is 27.2 Å². The Hall–Kier alpha value is -1.10. The van der Waals surface area contributed by atoms with Crippen molar-refractivity contribution in [2.45, 2.75) is 19.8 Å². The van der Waals surface area contributed by atoms with E-state index in [0.29, 0.717) is 25.3 Å². The second kappa shape index (κ2) is 6.00. The van der Waals surface area contributed by atoms with E-state index < -0.39 is 11.9 Å². The van der Waals surface area contributed by atoms with Gasteiger partial charge in [-0.05, 0) is 32.9 Å². The van der Waals surface area contributed by atoms with Crippen molar-refractivity contribution in [3.8, 4) is 0 Å². The van der Waals surface area contributed by atoms with Gasteiger partial charge in [0, 0.05) is 13.1 Å². The van der Waals surface area contributed by atoms with Gasteiger partial charge in [-0.3, -0.25) is 9.59 Å². The van der Waals surface area contributed by atoms with Gasteiger partial charge in [0.25, 0.3) is 0 Å². The summed E-state index contributed by atoms with van der Waals surface area (Å²) >= 11 is 0. The largest absolute Gasteiger partial charge is 0.481 e. The molecule has 3 unspecified atom stereocenters. The van der Waals surface area contributed by atoms with E-state index in [-0.39, 0.29) is 11.8 Å². The van der Waals surface area contributed by atoms with Crippen LogP contribution in [-0.4, -0.2) is 49.1 Å². The van der Waals surface area contributed by atoms with Crippen LogP contribution in [0.25, 0.3) is 0 Å². The topological polar surface area (TPSA) is 69.6 Å². The highest BCUT2D eigenvalue weighted by molar-refractivity contribution is 5.85. The molecule has 5 heteroatoms. The maximum atomic E-state index is 11.9. The van der Waals surface area contributed by atoms with Crippen LogP contribution < -0.4 is 5.32 Å². The molecule has 0 bridgehead atoms. The minimum Gasteiger partial charge on any atom is -0.481 e. The number of nitrogens with one attached hydrogen (secondary N) is 1. The minimum absolute atomic E-state index is 0.108. The molecule has 3 atom stereocenters. The number of nitrogens with zero attached hydrogens (tertiary/aromatic N) is 1. The van der Waals surface area contributed by atoms with Gasteiger partial charge in [-0.15, -0.1) is 0 Å². The maximum absolute atomic E-state index is 11.9. The van der Waals surface area contributed by atoms with Crippen LogP contribution in [-0.2, 0) is 9.59 Å². The number of aliphatic carboxylic acids is 1. The summed E-state index contributed by atoms with van der Waals surface area (Å²) in [5.41, 5.74) is 0. The van der Waals surface area contributed by atoms with Gasteiger partial charge in [0.1, 0.15) is 0 Å². The summed E-state index contributed by atoms with van der Waals surface area (Å²) < 4.78 is 0. The van der Waals surface area contributed by atoms with Gasteiger partial charge < -0.3 is 15.3 Å². The molecular weight excluding hydrogens is 220 g/mol. The molecule has 0 aromatic carbocycles. The number of hydrogen-bond acceptors (Lipinski definition) is 3. The zero-order valence-electron chi connectivity index (χ0n) is 10.8. The molecule has 1 aliphatic carbocycles. The molecule has 98 valence electrons. The average molecular weight is 242 g/mol. The molecular formula is C12H22N2O3. The van der Waals surface area contributed by atoms with E-state index in [1.165, 1.54) is 0 Å². The van der Waals surface area contributed by atoms with Crippen LogP contribution in [0, 0.1) is 17.8 Å². The van der Waals surface area contributed by atoms with Crippen LogP contribution in [0.5, 0.6) is 0 Å². The van der Waals surface area contributed by atoms with Gasteiger partial charge in [-0.25, -0.2) is 0 Å². The van der Waals surface area contributed by atoms with Crippen molar-refractivity contribution < 1.29 is 14.7 Å². The molecule has 0 radical (unpaired) electrons. The highest BCUT2D eigenvalue weighted by atomic mass is 16.4. The van der Waals surface area contributed by atoms with E-state index >= 15 is 0 Å². The molecule has 0 aliphatic heterocycles. The van der Waals surface area contributed by atoms with Gasteiger partial charge in [0.2, 0.25) is 5.91 Å². The first kappa shape index (κ1) is 14.0. The zero-order chi connectivity index (χ0) is 13.0. The van der Waals surface area contributed by atoms with Crippen LogP contribution in [0.3, 0.4) is 0 Å². The number of carboxylic acids is 1. The van der Waals surface area contributed by atoms with E-state index in [9.17, 15) is 9.59 Å². The fraction of sp³-hybridized carbons (Fsp3) is 0.833. The molecule has 17 heavy (non-hydrogen) atoms. The predicted molar refractivity (Wildman–Crippen MR) is 64.6 cm³/mol. The molecule has 0 spiro atoms. The Bertz CT molecular complexity index is 291. The number of amides is 1. The van der Waals surface area contributed by atoms with Crippen molar-refractivity contribution in [3.63, 3.8) is 0 Å². The van der Waals surface area contributed by atoms with Crippen LogP contribution >= 0.6 is 0 Å². The van der Waals surface area contributed by atoms with Gasteiger partial charge in [-0.2, -0.15) is 0 Å². The van der Waals surface area contributed by atoms with Crippen LogP contribution in [0.4, 0.5) is 0 Å². The van der Waals surface area contributed by atoms with Gasteiger partial charge in [-0.1, -0.05) is 6.92 Å². The first-order chi connectivity index (χ1) is 7.91. The lowest BCUT2D eigenvalue weighted by Gasteiger charge is -2.16. The van der Waals surface area contributed by atoms with Crippen LogP contribution in [0.1, 0.15) is 19.8 Å².